The van der Waals surface area contributed by atoms with E-state index < -0.39 is 41.8 Å². The molecule has 9 N–H and O–H groups in total. The van der Waals surface area contributed by atoms with Crippen LogP contribution in [0.25, 0.3) is 10.9 Å². The summed E-state index contributed by atoms with van der Waals surface area (Å²) in [6.07, 6.45) is 7.72. The van der Waals surface area contributed by atoms with Crippen LogP contribution in [-0.4, -0.2) is 71.0 Å². The van der Waals surface area contributed by atoms with E-state index in [1.54, 1.807) is 24.3 Å². The number of nitrogens with two attached hydrogens (primary N) is 2. The second-order valence-electron chi connectivity index (χ2n) is 14.2. The Labute approximate surface area is 321 Å². The molecule has 0 bridgehead atoms. The highest BCUT2D eigenvalue weighted by molar-refractivity contribution is 5.94. The number of nitrogens with one attached hydrogen (secondary N) is 4. The number of nitrogens with zero attached hydrogens (tertiary/aromatic N) is 1. The summed E-state index contributed by atoms with van der Waals surface area (Å²) in [5.41, 5.74) is 14.5. The SMILES string of the molecule is NC(N)=NCCCC1NC(=O)C(Cc2ccccc2)NC(=O)C(Cc2ccc(O)cc2)CCCCCCCOC(=O)C(Cc2c[nH]c3ccccc23)NC1=O. The topological polar surface area (TPSA) is 214 Å². The van der Waals surface area contributed by atoms with Crippen LogP contribution in [0.2, 0.25) is 0 Å². The molecule has 0 radical (unpaired) electrons. The van der Waals surface area contributed by atoms with Gasteiger partial charge in [0.05, 0.1) is 6.61 Å². The Balaban J connectivity index is 1.43. The van der Waals surface area contributed by atoms with E-state index >= 15 is 0 Å². The molecule has 3 aromatic carbocycles. The number of rotatable bonds is 10. The van der Waals surface area contributed by atoms with Gasteiger partial charge in [-0.15, -0.1) is 0 Å². The van der Waals surface area contributed by atoms with Gasteiger partial charge in [-0.25, -0.2) is 4.79 Å². The summed E-state index contributed by atoms with van der Waals surface area (Å²) in [6, 6.07) is 20.7. The first-order valence-corrected chi connectivity index (χ1v) is 19.2. The van der Waals surface area contributed by atoms with E-state index in [9.17, 15) is 24.3 Å². The summed E-state index contributed by atoms with van der Waals surface area (Å²) in [4.78, 5) is 63.4. The normalized spacial score (nSPS) is 20.9. The number of phenolic OH excluding ortho intramolecular Hbond substituents is 1. The average molecular weight is 752 g/mol. The minimum atomic E-state index is -1.09. The molecule has 13 heteroatoms. The maximum Gasteiger partial charge on any atom is 0.328 e. The van der Waals surface area contributed by atoms with Crippen LogP contribution in [0.15, 0.2) is 90.1 Å². The number of carbonyl (C=O) groups excluding carboxylic acids is 4. The molecule has 1 aromatic heterocycles. The number of carbonyl (C=O) groups is 4. The number of amides is 3. The predicted molar refractivity (Wildman–Crippen MR) is 212 cm³/mol. The van der Waals surface area contributed by atoms with Gasteiger partial charge in [0.1, 0.15) is 23.9 Å². The number of phenols is 1. The number of hydrogen-bond donors (Lipinski definition) is 7. The third kappa shape index (κ3) is 12.6. The van der Waals surface area contributed by atoms with E-state index in [1.807, 2.05) is 60.8 Å². The van der Waals surface area contributed by atoms with Crippen molar-refractivity contribution < 1.29 is 29.0 Å². The molecule has 0 spiro atoms. The number of ether oxygens (including phenoxy) is 1. The minimum absolute atomic E-state index is 0.0944. The number of H-pyrrole nitrogens is 1. The Morgan fingerprint density at radius 1 is 0.709 bits per heavy atom. The number of aromatic nitrogens is 1. The van der Waals surface area contributed by atoms with Gasteiger partial charge in [-0.1, -0.05) is 86.3 Å². The van der Waals surface area contributed by atoms with E-state index in [-0.39, 0.29) is 50.0 Å². The molecule has 2 heterocycles. The highest BCUT2D eigenvalue weighted by Crippen LogP contribution is 2.22. The van der Waals surface area contributed by atoms with Crippen molar-refractivity contribution in [1.29, 1.82) is 0 Å². The number of aromatic amines is 1. The molecule has 0 saturated carbocycles. The molecule has 5 rings (SSSR count). The van der Waals surface area contributed by atoms with Gasteiger partial charge in [0, 0.05) is 42.4 Å². The number of para-hydroxylation sites is 1. The average Bonchev–Trinajstić information content (AvgIpc) is 3.59. The van der Waals surface area contributed by atoms with Gasteiger partial charge in [0.2, 0.25) is 17.7 Å². The molecular formula is C42H53N7O6. The van der Waals surface area contributed by atoms with Crippen LogP contribution in [0.5, 0.6) is 5.75 Å². The number of aromatic hydroxyl groups is 1. The van der Waals surface area contributed by atoms with Crippen LogP contribution in [0.3, 0.4) is 0 Å². The first kappa shape index (κ1) is 40.3. The summed E-state index contributed by atoms with van der Waals surface area (Å²) >= 11 is 0. The van der Waals surface area contributed by atoms with Gasteiger partial charge in [-0.05, 0) is 67.0 Å². The van der Waals surface area contributed by atoms with E-state index in [0.717, 1.165) is 53.3 Å². The molecule has 1 aliphatic heterocycles. The molecule has 55 heavy (non-hydrogen) atoms. The van der Waals surface area contributed by atoms with Crippen molar-refractivity contribution in [2.75, 3.05) is 13.2 Å². The Hall–Kier alpha value is -5.85. The van der Waals surface area contributed by atoms with Crippen molar-refractivity contribution in [2.24, 2.45) is 22.4 Å². The van der Waals surface area contributed by atoms with Crippen LogP contribution in [0.4, 0.5) is 0 Å². The zero-order valence-electron chi connectivity index (χ0n) is 31.2. The molecule has 4 unspecified atom stereocenters. The molecule has 3 amide bonds. The number of cyclic esters (lactones) is 1. The molecular weight excluding hydrogens is 699 g/mol. The first-order chi connectivity index (χ1) is 26.7. The lowest BCUT2D eigenvalue weighted by molar-refractivity contribution is -0.148. The second kappa shape index (κ2) is 20.6. The Morgan fingerprint density at radius 2 is 1.36 bits per heavy atom. The van der Waals surface area contributed by atoms with Crippen molar-refractivity contribution in [3.63, 3.8) is 0 Å². The zero-order valence-corrected chi connectivity index (χ0v) is 31.2. The maximum absolute atomic E-state index is 14.3. The number of aliphatic imine (C=N–C) groups is 1. The van der Waals surface area contributed by atoms with Crippen molar-refractivity contribution in [3.05, 3.63) is 102 Å². The summed E-state index contributed by atoms with van der Waals surface area (Å²) in [6.45, 7) is 0.413. The Bertz CT molecular complexity index is 1890. The molecule has 4 atom stereocenters. The highest BCUT2D eigenvalue weighted by Gasteiger charge is 2.32. The van der Waals surface area contributed by atoms with E-state index in [0.29, 0.717) is 25.7 Å². The maximum atomic E-state index is 14.3. The predicted octanol–water partition coefficient (Wildman–Crippen LogP) is 3.92. The van der Waals surface area contributed by atoms with Gasteiger partial charge in [-0.3, -0.25) is 19.4 Å². The Kier molecular flexibility index (Phi) is 15.1. The molecule has 1 saturated heterocycles. The number of benzene rings is 3. The number of hydrogen-bond acceptors (Lipinski definition) is 7. The lowest BCUT2D eigenvalue weighted by Crippen LogP contribution is -2.57. The van der Waals surface area contributed by atoms with Crippen LogP contribution in [-0.2, 0) is 43.2 Å². The minimum Gasteiger partial charge on any atom is -0.508 e. The van der Waals surface area contributed by atoms with Crippen LogP contribution < -0.4 is 27.4 Å². The summed E-state index contributed by atoms with van der Waals surface area (Å²) in [7, 11) is 0. The smallest absolute Gasteiger partial charge is 0.328 e. The fourth-order valence-corrected chi connectivity index (χ4v) is 6.92. The fourth-order valence-electron chi connectivity index (χ4n) is 6.92. The van der Waals surface area contributed by atoms with Crippen molar-refractivity contribution in [2.45, 2.75) is 88.8 Å². The standard InChI is InChI=1S/C42H53N7O6/c43-42(44)45-22-11-17-35-39(52)49-37(26-31-27-46-34-16-9-8-15-33(31)34)41(54)55-23-10-3-1-2-7-14-30(24-29-18-20-32(50)21-19-29)38(51)48-36(40(53)47-35)25-28-12-5-4-6-13-28/h4-6,8-9,12-13,15-16,18-21,27,30,35-37,46,50H,1-3,7,10-11,14,17,22-26H2,(H,47,53)(H,48,51)(H,49,52)(H4,43,44,45). The molecule has 292 valence electrons. The van der Waals surface area contributed by atoms with Gasteiger partial charge < -0.3 is 42.2 Å². The molecule has 0 aliphatic carbocycles. The van der Waals surface area contributed by atoms with Gasteiger partial charge in [-0.2, -0.15) is 0 Å². The molecule has 1 aliphatic rings. The lowest BCUT2D eigenvalue weighted by atomic mass is 9.92. The number of fused-ring (bicyclic) bond motifs is 1. The van der Waals surface area contributed by atoms with Crippen LogP contribution >= 0.6 is 0 Å². The van der Waals surface area contributed by atoms with Crippen molar-refractivity contribution in [1.82, 2.24) is 20.9 Å². The van der Waals surface area contributed by atoms with Gasteiger partial charge in [0.15, 0.2) is 5.96 Å². The fraction of sp³-hybridized carbons (Fsp3) is 0.405. The molecule has 4 aromatic rings. The first-order valence-electron chi connectivity index (χ1n) is 19.2. The number of esters is 1. The van der Waals surface area contributed by atoms with E-state index in [2.05, 4.69) is 25.9 Å². The third-order valence-electron chi connectivity index (χ3n) is 9.92. The van der Waals surface area contributed by atoms with E-state index in [4.69, 9.17) is 16.2 Å². The monoisotopic (exact) mass is 751 g/mol. The third-order valence-corrected chi connectivity index (χ3v) is 9.92. The summed E-state index contributed by atoms with van der Waals surface area (Å²) in [5.74, 6) is -2.35. The van der Waals surface area contributed by atoms with Crippen LogP contribution in [0.1, 0.15) is 68.1 Å². The molecule has 1 fully saturated rings. The summed E-state index contributed by atoms with van der Waals surface area (Å²) in [5, 5.41) is 19.6. The van der Waals surface area contributed by atoms with Gasteiger partial charge >= 0.3 is 5.97 Å². The van der Waals surface area contributed by atoms with Crippen molar-refractivity contribution >= 4 is 40.6 Å². The Morgan fingerprint density at radius 3 is 2.15 bits per heavy atom. The largest absolute Gasteiger partial charge is 0.508 e. The quantitative estimate of drug-likeness (QED) is 0.0545. The lowest BCUT2D eigenvalue weighted by Gasteiger charge is -2.26. The van der Waals surface area contributed by atoms with Gasteiger partial charge in [0.25, 0.3) is 0 Å². The second-order valence-corrected chi connectivity index (χ2v) is 14.2. The number of guanidine groups is 1. The zero-order chi connectivity index (χ0) is 39.0. The van der Waals surface area contributed by atoms with Crippen molar-refractivity contribution in [3.8, 4) is 5.75 Å². The van der Waals surface area contributed by atoms with Crippen LogP contribution in [0, 0.1) is 5.92 Å². The summed E-state index contributed by atoms with van der Waals surface area (Å²) < 4.78 is 5.73. The van der Waals surface area contributed by atoms with E-state index in [1.165, 1.54) is 0 Å². The molecule has 13 nitrogen and oxygen atoms in total. The highest BCUT2D eigenvalue weighted by atomic mass is 16.5.